The van der Waals surface area contributed by atoms with Crippen molar-refractivity contribution in [3.05, 3.63) is 47.1 Å². The molecule has 4 rings (SSSR count). The molecule has 6 nitrogen and oxygen atoms in total. The van der Waals surface area contributed by atoms with Crippen LogP contribution in [0.5, 0.6) is 0 Å². The minimum absolute atomic E-state index is 0.103. The van der Waals surface area contributed by atoms with E-state index in [1.165, 1.54) is 11.1 Å². The smallest absolute Gasteiger partial charge is 0.333 e. The number of allylic oxidation sites excluding steroid dienone is 7. The maximum atomic E-state index is 13.4. The Bertz CT molecular complexity index is 1020. The highest BCUT2D eigenvalue weighted by molar-refractivity contribution is 5.98. The lowest BCUT2D eigenvalue weighted by atomic mass is 9.59. The summed E-state index contributed by atoms with van der Waals surface area (Å²) < 4.78 is 12.4. The molecule has 1 heterocycles. The van der Waals surface area contributed by atoms with E-state index in [2.05, 4.69) is 26.0 Å². The monoisotopic (exact) mass is 498 g/mol. The third-order valence-electron chi connectivity index (χ3n) is 9.52. The first-order valence-corrected chi connectivity index (χ1v) is 13.4. The van der Waals surface area contributed by atoms with Crippen molar-refractivity contribution in [1.29, 1.82) is 0 Å². The Morgan fingerprint density at radius 3 is 2.61 bits per heavy atom. The lowest BCUT2D eigenvalue weighted by molar-refractivity contribution is -0.172. The molecule has 0 amide bonds. The van der Waals surface area contributed by atoms with E-state index in [0.29, 0.717) is 18.4 Å². The van der Waals surface area contributed by atoms with Crippen molar-refractivity contribution in [3.63, 3.8) is 0 Å². The van der Waals surface area contributed by atoms with Gasteiger partial charge in [-0.05, 0) is 84.6 Å². The molecule has 3 aliphatic carbocycles. The highest BCUT2D eigenvalue weighted by Crippen LogP contribution is 2.62. The van der Waals surface area contributed by atoms with E-state index >= 15 is 0 Å². The number of hydrogen-bond donors (Lipinski definition) is 2. The average molecular weight is 499 g/mol. The van der Waals surface area contributed by atoms with Gasteiger partial charge in [-0.15, -0.1) is 0 Å². The van der Waals surface area contributed by atoms with Crippen molar-refractivity contribution < 1.29 is 29.3 Å². The van der Waals surface area contributed by atoms with E-state index in [0.717, 1.165) is 19.3 Å². The first-order chi connectivity index (χ1) is 17.0. The number of rotatable bonds is 5. The number of aliphatic hydroxyl groups is 2. The number of fused-ring (bicyclic) bond motifs is 3. The highest BCUT2D eigenvalue weighted by atomic mass is 16.6. The first-order valence-electron chi connectivity index (χ1n) is 13.4. The van der Waals surface area contributed by atoms with Gasteiger partial charge in [0, 0.05) is 16.9 Å². The van der Waals surface area contributed by atoms with E-state index in [9.17, 15) is 19.8 Å². The summed E-state index contributed by atoms with van der Waals surface area (Å²) in [6.07, 6.45) is 9.90. The number of carbonyl (C=O) groups excluding carboxylic acids is 2. The molecule has 1 saturated carbocycles. The summed E-state index contributed by atoms with van der Waals surface area (Å²) in [6, 6.07) is 0. The predicted octanol–water partition coefficient (Wildman–Crippen LogP) is 4.81. The van der Waals surface area contributed by atoms with Gasteiger partial charge in [-0.3, -0.25) is 4.79 Å². The van der Waals surface area contributed by atoms with Crippen LogP contribution in [0.2, 0.25) is 0 Å². The molecular formula is C30H42O6. The minimum Gasteiger partial charge on any atom is -0.458 e. The van der Waals surface area contributed by atoms with E-state index in [-0.39, 0.29) is 17.6 Å². The largest absolute Gasteiger partial charge is 0.458 e. The van der Waals surface area contributed by atoms with E-state index in [1.807, 2.05) is 19.9 Å². The highest BCUT2D eigenvalue weighted by Gasteiger charge is 2.69. The Kier molecular flexibility index (Phi) is 7.53. The van der Waals surface area contributed by atoms with Gasteiger partial charge in [-0.25, -0.2) is 4.79 Å². The van der Waals surface area contributed by atoms with Gasteiger partial charge >= 0.3 is 5.97 Å². The van der Waals surface area contributed by atoms with Gasteiger partial charge in [0.1, 0.15) is 6.10 Å². The molecule has 0 bridgehead atoms. The van der Waals surface area contributed by atoms with Crippen molar-refractivity contribution in [1.82, 2.24) is 0 Å². The summed E-state index contributed by atoms with van der Waals surface area (Å²) in [7, 11) is 0. The van der Waals surface area contributed by atoms with Crippen LogP contribution in [0.4, 0.5) is 0 Å². The Morgan fingerprint density at radius 1 is 1.28 bits per heavy atom. The van der Waals surface area contributed by atoms with Gasteiger partial charge in [-0.2, -0.15) is 0 Å². The summed E-state index contributed by atoms with van der Waals surface area (Å²) in [5.74, 6) is -1.71. The second-order valence-electron chi connectivity index (χ2n) is 11.8. The Labute approximate surface area is 215 Å². The molecule has 198 valence electrons. The molecule has 1 saturated heterocycles. The van der Waals surface area contributed by atoms with Crippen molar-refractivity contribution >= 4 is 11.8 Å². The second-order valence-corrected chi connectivity index (χ2v) is 11.8. The second kappa shape index (κ2) is 10.0. The molecule has 0 aromatic heterocycles. The number of ether oxygens (including phenoxy) is 2. The molecule has 1 aliphatic heterocycles. The third-order valence-corrected chi connectivity index (χ3v) is 9.52. The number of aliphatic hydroxyl groups excluding tert-OH is 2. The molecule has 0 aromatic carbocycles. The summed E-state index contributed by atoms with van der Waals surface area (Å²) in [5.41, 5.74) is 1.31. The fourth-order valence-electron chi connectivity index (χ4n) is 7.05. The summed E-state index contributed by atoms with van der Waals surface area (Å²) in [4.78, 5) is 26.6. The molecular weight excluding hydrogens is 456 g/mol. The molecule has 4 aliphatic rings. The summed E-state index contributed by atoms with van der Waals surface area (Å²) in [6.45, 7) is 11.4. The van der Waals surface area contributed by atoms with E-state index < -0.39 is 47.3 Å². The molecule has 2 fully saturated rings. The Balaban J connectivity index is 1.77. The van der Waals surface area contributed by atoms with Crippen molar-refractivity contribution in [2.24, 2.45) is 28.6 Å². The fourth-order valence-corrected chi connectivity index (χ4v) is 7.05. The van der Waals surface area contributed by atoms with Crippen LogP contribution in [0.1, 0.15) is 73.6 Å². The zero-order valence-electron chi connectivity index (χ0n) is 22.5. The van der Waals surface area contributed by atoms with Gasteiger partial charge in [0.2, 0.25) is 0 Å². The predicted molar refractivity (Wildman–Crippen MR) is 138 cm³/mol. The maximum Gasteiger partial charge on any atom is 0.333 e. The van der Waals surface area contributed by atoms with Crippen LogP contribution < -0.4 is 0 Å². The lowest BCUT2D eigenvalue weighted by Crippen LogP contribution is -2.54. The lowest BCUT2D eigenvalue weighted by Gasteiger charge is -2.47. The number of esters is 1. The molecule has 6 heteroatoms. The molecule has 2 N–H and O–H groups in total. The fraction of sp³-hybridized carbons (Fsp3) is 0.667. The summed E-state index contributed by atoms with van der Waals surface area (Å²) >= 11 is 0. The van der Waals surface area contributed by atoms with Crippen LogP contribution in [0, 0.1) is 28.6 Å². The first kappa shape index (κ1) is 27.0. The van der Waals surface area contributed by atoms with E-state index in [1.54, 1.807) is 26.0 Å². The van der Waals surface area contributed by atoms with Gasteiger partial charge in [-0.1, -0.05) is 42.4 Å². The molecule has 1 spiro atoms. The van der Waals surface area contributed by atoms with E-state index in [4.69, 9.17) is 9.47 Å². The minimum atomic E-state index is -1.11. The van der Waals surface area contributed by atoms with Crippen LogP contribution >= 0.6 is 0 Å². The van der Waals surface area contributed by atoms with Crippen LogP contribution in [0.3, 0.4) is 0 Å². The molecule has 9 atom stereocenters. The van der Waals surface area contributed by atoms with Gasteiger partial charge in [0.15, 0.2) is 12.1 Å². The van der Waals surface area contributed by atoms with Gasteiger partial charge < -0.3 is 19.7 Å². The maximum absolute atomic E-state index is 13.4. The van der Waals surface area contributed by atoms with Gasteiger partial charge in [0.05, 0.1) is 17.6 Å². The van der Waals surface area contributed by atoms with Crippen LogP contribution in [0.25, 0.3) is 0 Å². The average Bonchev–Trinajstić information content (AvgIpc) is 3.28. The SMILES string of the molecule is C/C=C(/C)C(=O)O[C@H]1[C@@H]2[C@H](O[C@@H](O)[C@]23CC=C(CCC=C(C)C)CC3)[C@H](O)[C@@H](C)[C@@H]2C=CC(=O)[C@]21C. The van der Waals surface area contributed by atoms with Crippen LogP contribution in [-0.4, -0.2) is 46.6 Å². The quantitative estimate of drug-likeness (QED) is 0.321. The Morgan fingerprint density at radius 2 is 2.00 bits per heavy atom. The normalized spacial score (nSPS) is 42.0. The van der Waals surface area contributed by atoms with Crippen molar-refractivity contribution in [2.75, 3.05) is 0 Å². The van der Waals surface area contributed by atoms with Gasteiger partial charge in [0.25, 0.3) is 0 Å². The Hall–Kier alpha value is -2.02. The molecule has 0 radical (unpaired) electrons. The topological polar surface area (TPSA) is 93.1 Å². The standard InChI is InChI=1S/C30H42O6/c1-7-18(4)27(33)36-26-23-25(24(32)19(5)21-11-12-22(31)29(21,26)6)35-28(34)30(23)15-13-20(14-16-30)10-8-9-17(2)3/h7,9,11-13,19,21,23-26,28,32,34H,8,10,14-16H2,1-6H3/b18-7-/t19-,21-,23-,24+,25-,26-,28+,29-,30-/m0/s1. The third kappa shape index (κ3) is 4.25. The zero-order valence-corrected chi connectivity index (χ0v) is 22.5. The number of hydrogen-bond acceptors (Lipinski definition) is 6. The van der Waals surface area contributed by atoms with Crippen LogP contribution in [-0.2, 0) is 19.1 Å². The zero-order chi connectivity index (χ0) is 26.4. The number of ketones is 1. The molecule has 0 unspecified atom stereocenters. The van der Waals surface area contributed by atoms with Crippen molar-refractivity contribution in [3.8, 4) is 0 Å². The van der Waals surface area contributed by atoms with Crippen molar-refractivity contribution in [2.45, 2.75) is 98.2 Å². The summed E-state index contributed by atoms with van der Waals surface area (Å²) in [5, 5.41) is 22.8. The molecule has 0 aromatic rings. The number of carbonyl (C=O) groups is 2. The van der Waals surface area contributed by atoms with Crippen LogP contribution in [0.15, 0.2) is 47.1 Å². The molecule has 36 heavy (non-hydrogen) atoms.